The van der Waals surface area contributed by atoms with Gasteiger partial charge < -0.3 is 5.32 Å². The Hall–Kier alpha value is -1.34. The Morgan fingerprint density at radius 3 is 2.61 bits per heavy atom. The van der Waals surface area contributed by atoms with Crippen LogP contribution in [0.25, 0.3) is 10.8 Å². The van der Waals surface area contributed by atoms with Crippen molar-refractivity contribution in [1.82, 2.24) is 5.32 Å². The van der Waals surface area contributed by atoms with E-state index in [1.54, 1.807) is 0 Å². The van der Waals surface area contributed by atoms with Crippen LogP contribution in [0.15, 0.2) is 42.5 Å². The molecular weight excluding hydrogens is 218 g/mol. The van der Waals surface area contributed by atoms with E-state index in [1.807, 2.05) is 0 Å². The van der Waals surface area contributed by atoms with Gasteiger partial charge in [-0.3, -0.25) is 0 Å². The van der Waals surface area contributed by atoms with Gasteiger partial charge in [-0.2, -0.15) is 0 Å². The molecule has 1 aliphatic carbocycles. The minimum Gasteiger partial charge on any atom is -0.313 e. The summed E-state index contributed by atoms with van der Waals surface area (Å²) in [6, 6.07) is 16.0. The maximum absolute atomic E-state index is 3.47. The highest BCUT2D eigenvalue weighted by molar-refractivity contribution is 5.83. The number of nitrogens with one attached hydrogen (secondary N) is 1. The number of fused-ring (bicyclic) bond motifs is 1. The zero-order chi connectivity index (χ0) is 12.4. The molecular formula is C17H21N. The van der Waals surface area contributed by atoms with Crippen molar-refractivity contribution in [3.05, 3.63) is 48.0 Å². The van der Waals surface area contributed by atoms with Crippen LogP contribution in [-0.2, 0) is 0 Å². The Morgan fingerprint density at radius 1 is 1.11 bits per heavy atom. The summed E-state index contributed by atoms with van der Waals surface area (Å²) >= 11 is 0. The molecule has 1 heteroatoms. The third-order valence-electron chi connectivity index (χ3n) is 4.08. The smallest absolute Gasteiger partial charge is 0.0317 e. The van der Waals surface area contributed by atoms with Crippen LogP contribution < -0.4 is 5.32 Å². The van der Waals surface area contributed by atoms with Gasteiger partial charge in [-0.25, -0.2) is 0 Å². The van der Waals surface area contributed by atoms with E-state index in [4.69, 9.17) is 0 Å². The van der Waals surface area contributed by atoms with Crippen molar-refractivity contribution in [3.63, 3.8) is 0 Å². The average Bonchev–Trinajstić information content (AvgIpc) is 3.23. The normalized spacial score (nSPS) is 16.9. The summed E-state index contributed by atoms with van der Waals surface area (Å²) in [6.07, 6.45) is 5.54. The first-order valence-corrected chi connectivity index (χ1v) is 7.03. The van der Waals surface area contributed by atoms with Gasteiger partial charge >= 0.3 is 0 Å². The van der Waals surface area contributed by atoms with Gasteiger partial charge in [-0.15, -0.1) is 0 Å². The molecule has 0 amide bonds. The molecule has 1 fully saturated rings. The third kappa shape index (κ3) is 2.56. The van der Waals surface area contributed by atoms with Gasteiger partial charge in [0.2, 0.25) is 0 Å². The molecule has 0 radical (unpaired) electrons. The first-order chi connectivity index (χ1) is 8.86. The summed E-state index contributed by atoms with van der Waals surface area (Å²) in [5, 5.41) is 6.15. The van der Waals surface area contributed by atoms with Crippen LogP contribution in [0.3, 0.4) is 0 Å². The Balaban J connectivity index is 1.81. The van der Waals surface area contributed by atoms with Crippen LogP contribution >= 0.6 is 0 Å². The molecule has 2 aromatic carbocycles. The van der Waals surface area contributed by atoms with E-state index in [-0.39, 0.29) is 0 Å². The van der Waals surface area contributed by atoms with Crippen LogP contribution in [0.1, 0.15) is 37.3 Å². The van der Waals surface area contributed by atoms with Gasteiger partial charge in [0.25, 0.3) is 0 Å². The maximum atomic E-state index is 3.47. The van der Waals surface area contributed by atoms with E-state index in [9.17, 15) is 0 Å². The molecule has 0 aliphatic heterocycles. The highest BCUT2D eigenvalue weighted by Crippen LogP contribution is 2.36. The minimum absolute atomic E-state index is 0.509. The topological polar surface area (TPSA) is 12.0 Å². The highest BCUT2D eigenvalue weighted by Gasteiger charge is 2.22. The Morgan fingerprint density at radius 2 is 1.89 bits per heavy atom. The van der Waals surface area contributed by atoms with Crippen molar-refractivity contribution in [2.24, 2.45) is 5.92 Å². The Bertz CT molecular complexity index is 528. The van der Waals surface area contributed by atoms with Crippen LogP contribution in [0.4, 0.5) is 0 Å². The SMILES string of the molecule is CNC(CCC1CC1)c1ccc2ccccc2c1. The lowest BCUT2D eigenvalue weighted by Gasteiger charge is -2.17. The second-order valence-corrected chi connectivity index (χ2v) is 5.47. The molecule has 1 saturated carbocycles. The molecule has 1 unspecified atom stereocenters. The molecule has 0 aromatic heterocycles. The molecule has 0 spiro atoms. The predicted molar refractivity (Wildman–Crippen MR) is 77.7 cm³/mol. The van der Waals surface area contributed by atoms with Crippen molar-refractivity contribution in [2.45, 2.75) is 31.7 Å². The quantitative estimate of drug-likeness (QED) is 0.820. The number of hydrogen-bond acceptors (Lipinski definition) is 1. The van der Waals surface area contributed by atoms with Gasteiger partial charge in [0.05, 0.1) is 0 Å². The summed E-state index contributed by atoms with van der Waals surface area (Å²) in [5.41, 5.74) is 1.43. The standard InChI is InChI=1S/C17H21N/c1-18-17(11-8-13-6-7-13)16-10-9-14-4-2-3-5-15(14)12-16/h2-5,9-10,12-13,17-18H,6-8,11H2,1H3. The van der Waals surface area contributed by atoms with Crippen LogP contribution in [-0.4, -0.2) is 7.05 Å². The molecule has 1 N–H and O–H groups in total. The first-order valence-electron chi connectivity index (χ1n) is 7.03. The van der Waals surface area contributed by atoms with Gasteiger partial charge in [0.1, 0.15) is 0 Å². The molecule has 18 heavy (non-hydrogen) atoms. The summed E-state index contributed by atoms with van der Waals surface area (Å²) < 4.78 is 0. The highest BCUT2D eigenvalue weighted by atomic mass is 14.9. The van der Waals surface area contributed by atoms with E-state index in [1.165, 1.54) is 42.0 Å². The average molecular weight is 239 g/mol. The van der Waals surface area contributed by atoms with Crippen LogP contribution in [0, 0.1) is 5.92 Å². The number of benzene rings is 2. The fraction of sp³-hybridized carbons (Fsp3) is 0.412. The summed E-state index contributed by atoms with van der Waals surface area (Å²) in [6.45, 7) is 0. The minimum atomic E-state index is 0.509. The second-order valence-electron chi connectivity index (χ2n) is 5.47. The van der Waals surface area contributed by atoms with Gasteiger partial charge in [-0.1, -0.05) is 49.2 Å². The largest absolute Gasteiger partial charge is 0.313 e. The lowest BCUT2D eigenvalue weighted by atomic mass is 9.98. The molecule has 1 aliphatic rings. The molecule has 3 rings (SSSR count). The Kier molecular flexibility index (Phi) is 3.33. The van der Waals surface area contributed by atoms with Crippen molar-refractivity contribution < 1.29 is 0 Å². The summed E-state index contributed by atoms with van der Waals surface area (Å²) in [5.74, 6) is 1.02. The fourth-order valence-corrected chi connectivity index (χ4v) is 2.71. The third-order valence-corrected chi connectivity index (χ3v) is 4.08. The molecule has 2 aromatic rings. The lowest BCUT2D eigenvalue weighted by molar-refractivity contribution is 0.507. The van der Waals surface area contributed by atoms with Gasteiger partial charge in [0.15, 0.2) is 0 Å². The molecule has 1 nitrogen and oxygen atoms in total. The van der Waals surface area contributed by atoms with E-state index in [0.717, 1.165) is 5.92 Å². The van der Waals surface area contributed by atoms with Gasteiger partial charge in [-0.05, 0) is 48.2 Å². The fourth-order valence-electron chi connectivity index (χ4n) is 2.71. The maximum Gasteiger partial charge on any atom is 0.0317 e. The zero-order valence-corrected chi connectivity index (χ0v) is 11.0. The monoisotopic (exact) mass is 239 g/mol. The lowest BCUT2D eigenvalue weighted by Crippen LogP contribution is -2.16. The van der Waals surface area contributed by atoms with Crippen LogP contribution in [0.2, 0.25) is 0 Å². The Labute approximate surface area is 109 Å². The van der Waals surface area contributed by atoms with E-state index < -0.39 is 0 Å². The van der Waals surface area contributed by atoms with Gasteiger partial charge in [0, 0.05) is 6.04 Å². The van der Waals surface area contributed by atoms with E-state index in [2.05, 4.69) is 54.8 Å². The number of hydrogen-bond donors (Lipinski definition) is 1. The van der Waals surface area contributed by atoms with Crippen molar-refractivity contribution in [1.29, 1.82) is 0 Å². The van der Waals surface area contributed by atoms with Crippen molar-refractivity contribution >= 4 is 10.8 Å². The van der Waals surface area contributed by atoms with Crippen LogP contribution in [0.5, 0.6) is 0 Å². The molecule has 0 bridgehead atoms. The summed E-state index contributed by atoms with van der Waals surface area (Å²) in [7, 11) is 2.08. The second kappa shape index (κ2) is 5.11. The van der Waals surface area contributed by atoms with Crippen molar-refractivity contribution in [2.75, 3.05) is 7.05 Å². The zero-order valence-electron chi connectivity index (χ0n) is 11.0. The van der Waals surface area contributed by atoms with E-state index >= 15 is 0 Å². The molecule has 0 saturated heterocycles. The molecule has 1 atom stereocenters. The first kappa shape index (κ1) is 11.7. The van der Waals surface area contributed by atoms with E-state index in [0.29, 0.717) is 6.04 Å². The summed E-state index contributed by atoms with van der Waals surface area (Å²) in [4.78, 5) is 0. The molecule has 0 heterocycles. The molecule has 94 valence electrons. The number of rotatable bonds is 5. The van der Waals surface area contributed by atoms with Crippen molar-refractivity contribution in [3.8, 4) is 0 Å². The predicted octanol–water partition coefficient (Wildman–Crippen LogP) is 4.29.